The first-order valence-electron chi connectivity index (χ1n) is 9.85. The predicted molar refractivity (Wildman–Crippen MR) is 111 cm³/mol. The summed E-state index contributed by atoms with van der Waals surface area (Å²) in [4.78, 5) is 34.9. The van der Waals surface area contributed by atoms with Crippen molar-refractivity contribution in [3.8, 4) is 0 Å². The maximum Gasteiger partial charge on any atom is 0.341 e. The van der Waals surface area contributed by atoms with E-state index in [4.69, 9.17) is 4.74 Å². The number of carbonyl (C=O) groups excluding carboxylic acids is 2. The lowest BCUT2D eigenvalue weighted by atomic mass is 9.82. The van der Waals surface area contributed by atoms with E-state index in [9.17, 15) is 18.4 Å². The summed E-state index contributed by atoms with van der Waals surface area (Å²) in [6.07, 6.45) is 3.06. The molecule has 0 spiro atoms. The van der Waals surface area contributed by atoms with Crippen LogP contribution in [0, 0.1) is 11.6 Å². The van der Waals surface area contributed by atoms with Gasteiger partial charge in [0.2, 0.25) is 0 Å². The van der Waals surface area contributed by atoms with Crippen molar-refractivity contribution >= 4 is 28.5 Å². The number of aromatic amines is 1. The molecule has 1 aliphatic rings. The van der Waals surface area contributed by atoms with Gasteiger partial charge in [-0.1, -0.05) is 13.8 Å². The summed E-state index contributed by atoms with van der Waals surface area (Å²) in [5, 5.41) is 0.833. The molecule has 0 atom stereocenters. The first kappa shape index (κ1) is 20.7. The van der Waals surface area contributed by atoms with Crippen LogP contribution >= 0.6 is 0 Å². The molecule has 2 aromatic heterocycles. The summed E-state index contributed by atoms with van der Waals surface area (Å²) in [6.45, 7) is 5.93. The molecule has 3 aromatic rings. The highest BCUT2D eigenvalue weighted by atomic mass is 19.2. The van der Waals surface area contributed by atoms with Crippen molar-refractivity contribution in [1.29, 1.82) is 0 Å². The average molecular weight is 425 g/mol. The normalized spacial score (nSPS) is 15.3. The fraction of sp³-hybridized carbons (Fsp3) is 0.261. The van der Waals surface area contributed by atoms with E-state index in [1.54, 1.807) is 19.2 Å². The summed E-state index contributed by atoms with van der Waals surface area (Å²) in [5.41, 5.74) is 1.52. The number of aromatic nitrogens is 2. The van der Waals surface area contributed by atoms with Gasteiger partial charge < -0.3 is 14.6 Å². The Morgan fingerprint density at radius 1 is 1.23 bits per heavy atom. The minimum atomic E-state index is -1.11. The quantitative estimate of drug-likeness (QED) is 0.639. The molecule has 8 heteroatoms. The lowest BCUT2D eigenvalue weighted by molar-refractivity contribution is -0.136. The fourth-order valence-corrected chi connectivity index (χ4v) is 3.99. The highest BCUT2D eigenvalue weighted by molar-refractivity contribution is 6.18. The molecule has 0 radical (unpaired) electrons. The number of fused-ring (bicyclic) bond motifs is 3. The Morgan fingerprint density at radius 3 is 2.71 bits per heavy atom. The third-order valence-electron chi connectivity index (χ3n) is 5.29. The molecule has 0 fully saturated rings. The number of amides is 1. The summed E-state index contributed by atoms with van der Waals surface area (Å²) >= 11 is 0. The smallest absolute Gasteiger partial charge is 0.341 e. The third-order valence-corrected chi connectivity index (χ3v) is 5.29. The number of hydrogen-bond acceptors (Lipinski definition) is 4. The predicted octanol–water partition coefficient (Wildman–Crippen LogP) is 4.18. The average Bonchev–Trinajstić information content (AvgIpc) is 3.07. The fourth-order valence-electron chi connectivity index (χ4n) is 3.99. The van der Waals surface area contributed by atoms with E-state index >= 15 is 0 Å². The molecular formula is C23H21F2N3O3. The summed E-state index contributed by atoms with van der Waals surface area (Å²) < 4.78 is 32.3. The number of ether oxygens (including phenoxy) is 1. The van der Waals surface area contributed by atoms with E-state index in [0.29, 0.717) is 11.3 Å². The van der Waals surface area contributed by atoms with E-state index < -0.39 is 28.9 Å². The standard InChI is InChI=1S/C23H21F2N3O3/c1-4-31-22(30)15-11-28(21(29)13-7-8-16(24)17(25)10-13)12-23(2,3)18-14-6-5-9-26-20(14)27-19(15)18/h5-11H,4,12H2,1-3H3,(H,26,27). The summed E-state index contributed by atoms with van der Waals surface area (Å²) in [7, 11) is 0. The molecule has 1 aliphatic heterocycles. The highest BCUT2D eigenvalue weighted by Crippen LogP contribution is 2.40. The molecule has 6 nitrogen and oxygen atoms in total. The highest BCUT2D eigenvalue weighted by Gasteiger charge is 2.37. The van der Waals surface area contributed by atoms with Gasteiger partial charge in [0.25, 0.3) is 5.91 Å². The first-order chi connectivity index (χ1) is 14.7. The molecule has 0 unspecified atom stereocenters. The topological polar surface area (TPSA) is 75.3 Å². The van der Waals surface area contributed by atoms with E-state index in [-0.39, 0.29) is 24.3 Å². The van der Waals surface area contributed by atoms with Crippen LogP contribution in [0.2, 0.25) is 0 Å². The van der Waals surface area contributed by atoms with E-state index in [1.165, 1.54) is 17.2 Å². The number of halogens is 2. The molecular weight excluding hydrogens is 404 g/mol. The van der Waals surface area contributed by atoms with E-state index in [1.807, 2.05) is 19.9 Å². The molecule has 1 aromatic carbocycles. The van der Waals surface area contributed by atoms with E-state index in [2.05, 4.69) is 9.97 Å². The van der Waals surface area contributed by atoms with Crippen molar-refractivity contribution in [2.75, 3.05) is 13.2 Å². The lowest BCUT2D eigenvalue weighted by Gasteiger charge is -2.29. The molecule has 0 saturated heterocycles. The van der Waals surface area contributed by atoms with Crippen molar-refractivity contribution in [3.05, 3.63) is 71.2 Å². The summed E-state index contributed by atoms with van der Waals surface area (Å²) in [5.74, 6) is -3.31. The SMILES string of the molecule is CCOC(=O)C1=CN(C(=O)c2ccc(F)c(F)c2)CC(C)(C)c2c1[nH]c1ncccc21. The number of benzene rings is 1. The molecule has 0 saturated carbocycles. The van der Waals surface area contributed by atoms with Gasteiger partial charge in [0.15, 0.2) is 11.6 Å². The Bertz CT molecular complexity index is 1230. The molecule has 0 bridgehead atoms. The van der Waals surface area contributed by atoms with Crippen LogP contribution in [0.3, 0.4) is 0 Å². The number of hydrogen-bond donors (Lipinski definition) is 1. The number of H-pyrrole nitrogens is 1. The van der Waals surface area contributed by atoms with Gasteiger partial charge in [0.1, 0.15) is 5.65 Å². The maximum atomic E-state index is 13.7. The number of esters is 1. The van der Waals surface area contributed by atoms with Gasteiger partial charge in [-0.05, 0) is 42.8 Å². The number of pyridine rings is 1. The van der Waals surface area contributed by atoms with Crippen molar-refractivity contribution in [3.63, 3.8) is 0 Å². The molecule has 4 rings (SSSR count). The monoisotopic (exact) mass is 425 g/mol. The second kappa shape index (κ2) is 7.61. The Kier molecular flexibility index (Phi) is 5.08. The van der Waals surface area contributed by atoms with Gasteiger partial charge >= 0.3 is 5.97 Å². The largest absolute Gasteiger partial charge is 0.462 e. The summed E-state index contributed by atoms with van der Waals surface area (Å²) in [6, 6.07) is 6.68. The Labute approximate surface area is 177 Å². The van der Waals surface area contributed by atoms with Crippen molar-refractivity contribution in [2.45, 2.75) is 26.2 Å². The lowest BCUT2D eigenvalue weighted by Crippen LogP contribution is -2.37. The van der Waals surface area contributed by atoms with E-state index in [0.717, 1.165) is 23.1 Å². The molecule has 31 heavy (non-hydrogen) atoms. The second-order valence-corrected chi connectivity index (χ2v) is 7.98. The molecule has 1 amide bonds. The Hall–Kier alpha value is -3.55. The van der Waals surface area contributed by atoms with Gasteiger partial charge in [-0.2, -0.15) is 0 Å². The Balaban J connectivity index is 1.89. The van der Waals surface area contributed by atoms with Crippen LogP contribution in [0.1, 0.15) is 42.4 Å². The number of carbonyl (C=O) groups is 2. The van der Waals surface area contributed by atoms with Gasteiger partial charge in [0, 0.05) is 35.3 Å². The van der Waals surface area contributed by atoms with Crippen molar-refractivity contribution < 1.29 is 23.1 Å². The number of nitrogens with zero attached hydrogens (tertiary/aromatic N) is 2. The second-order valence-electron chi connectivity index (χ2n) is 7.98. The van der Waals surface area contributed by atoms with Crippen LogP contribution in [0.5, 0.6) is 0 Å². The van der Waals surface area contributed by atoms with Crippen LogP contribution in [0.15, 0.2) is 42.7 Å². The van der Waals surface area contributed by atoms with Crippen LogP contribution < -0.4 is 0 Å². The maximum absolute atomic E-state index is 13.7. The van der Waals surface area contributed by atoms with Crippen molar-refractivity contribution in [1.82, 2.24) is 14.9 Å². The van der Waals surface area contributed by atoms with Crippen LogP contribution in [-0.2, 0) is 14.9 Å². The van der Waals surface area contributed by atoms with Gasteiger partial charge in [0.05, 0.1) is 17.9 Å². The van der Waals surface area contributed by atoms with Crippen LogP contribution in [-0.4, -0.2) is 39.9 Å². The van der Waals surface area contributed by atoms with Gasteiger partial charge in [-0.25, -0.2) is 18.6 Å². The third kappa shape index (κ3) is 3.58. The molecule has 160 valence electrons. The number of nitrogens with one attached hydrogen (secondary N) is 1. The van der Waals surface area contributed by atoms with Gasteiger partial charge in [-0.15, -0.1) is 0 Å². The Morgan fingerprint density at radius 2 is 2.00 bits per heavy atom. The number of rotatable bonds is 3. The zero-order valence-corrected chi connectivity index (χ0v) is 17.3. The zero-order valence-electron chi connectivity index (χ0n) is 17.3. The van der Waals surface area contributed by atoms with Gasteiger partial charge in [-0.3, -0.25) is 4.79 Å². The molecule has 0 aliphatic carbocycles. The van der Waals surface area contributed by atoms with Crippen molar-refractivity contribution in [2.24, 2.45) is 0 Å². The minimum Gasteiger partial charge on any atom is -0.462 e. The minimum absolute atomic E-state index is 0.0220. The first-order valence-corrected chi connectivity index (χ1v) is 9.85. The van der Waals surface area contributed by atoms with Crippen LogP contribution in [0.25, 0.3) is 16.6 Å². The zero-order chi connectivity index (χ0) is 22.3. The molecule has 1 N–H and O–H groups in total. The molecule has 3 heterocycles. The van der Waals surface area contributed by atoms with Crippen LogP contribution in [0.4, 0.5) is 8.78 Å².